The molecule has 114 valence electrons. The molecule has 0 bridgehead atoms. The van der Waals surface area contributed by atoms with Gasteiger partial charge in [-0.15, -0.1) is 0 Å². The van der Waals surface area contributed by atoms with Crippen LogP contribution in [-0.2, 0) is 16.6 Å². The molecule has 7 nitrogen and oxygen atoms in total. The molecule has 0 radical (unpaired) electrons. The number of hydrogen-bond acceptors (Lipinski definition) is 5. The molecular weight excluding hydrogens is 292 g/mol. The molecule has 0 saturated heterocycles. The number of anilines is 2. The van der Waals surface area contributed by atoms with E-state index in [1.54, 1.807) is 24.3 Å². The van der Waals surface area contributed by atoms with Crippen molar-refractivity contribution in [1.29, 1.82) is 0 Å². The Kier molecular flexibility index (Phi) is 4.08. The van der Waals surface area contributed by atoms with Crippen LogP contribution in [0.5, 0.6) is 5.75 Å². The number of methoxy groups -OCH3 is 1. The summed E-state index contributed by atoms with van der Waals surface area (Å²) in [6.07, 6.45) is 1.43. The van der Waals surface area contributed by atoms with Gasteiger partial charge >= 0.3 is 0 Å². The van der Waals surface area contributed by atoms with E-state index in [9.17, 15) is 8.42 Å². The summed E-state index contributed by atoms with van der Waals surface area (Å²) in [5.41, 5.74) is 6.15. The summed E-state index contributed by atoms with van der Waals surface area (Å²) in [5, 5.41) is 3.97. The van der Waals surface area contributed by atoms with E-state index in [0.717, 1.165) is 4.31 Å². The Labute approximate surface area is 124 Å². The van der Waals surface area contributed by atoms with Gasteiger partial charge in [0.25, 0.3) is 10.0 Å². The Balaban J connectivity index is 2.50. The number of sulfonamides is 1. The average Bonchev–Trinajstić information content (AvgIpc) is 2.88. The van der Waals surface area contributed by atoms with Gasteiger partial charge in [0, 0.05) is 19.8 Å². The van der Waals surface area contributed by atoms with E-state index in [2.05, 4.69) is 5.10 Å². The number of nitrogens with zero attached hydrogens (tertiary/aromatic N) is 3. The van der Waals surface area contributed by atoms with E-state index in [-0.39, 0.29) is 10.7 Å². The maximum Gasteiger partial charge on any atom is 0.269 e. The minimum Gasteiger partial charge on any atom is -0.495 e. The number of nitrogens with two attached hydrogens (primary N) is 1. The fraction of sp³-hybridized carbons (Fsp3) is 0.308. The van der Waals surface area contributed by atoms with Crippen LogP contribution in [0.1, 0.15) is 6.92 Å². The summed E-state index contributed by atoms with van der Waals surface area (Å²) >= 11 is 0. The maximum atomic E-state index is 12.7. The van der Waals surface area contributed by atoms with Crippen LogP contribution in [0.3, 0.4) is 0 Å². The normalized spacial score (nSPS) is 11.4. The molecule has 1 aromatic heterocycles. The van der Waals surface area contributed by atoms with E-state index < -0.39 is 10.0 Å². The van der Waals surface area contributed by atoms with E-state index in [4.69, 9.17) is 10.5 Å². The van der Waals surface area contributed by atoms with Crippen LogP contribution in [0.25, 0.3) is 0 Å². The first-order valence-electron chi connectivity index (χ1n) is 6.36. The Bertz CT molecular complexity index is 740. The minimum absolute atomic E-state index is 0.0152. The second-order valence-electron chi connectivity index (χ2n) is 4.38. The Morgan fingerprint density at radius 1 is 1.38 bits per heavy atom. The topological polar surface area (TPSA) is 90.5 Å². The van der Waals surface area contributed by atoms with Crippen molar-refractivity contribution in [3.8, 4) is 5.75 Å². The highest BCUT2D eigenvalue weighted by atomic mass is 32.2. The van der Waals surface area contributed by atoms with Crippen LogP contribution >= 0.6 is 0 Å². The molecule has 2 rings (SSSR count). The van der Waals surface area contributed by atoms with E-state index in [1.165, 1.54) is 25.0 Å². The van der Waals surface area contributed by atoms with Crippen molar-refractivity contribution in [3.05, 3.63) is 30.5 Å². The van der Waals surface area contributed by atoms with Gasteiger partial charge in [0.1, 0.15) is 10.6 Å². The van der Waals surface area contributed by atoms with Crippen molar-refractivity contribution in [2.24, 2.45) is 0 Å². The molecule has 1 aromatic carbocycles. The zero-order valence-corrected chi connectivity index (χ0v) is 13.0. The second kappa shape index (κ2) is 5.65. The molecule has 0 spiro atoms. The number of ether oxygens (including phenoxy) is 1. The third-order valence-electron chi connectivity index (χ3n) is 3.14. The third-order valence-corrected chi connectivity index (χ3v) is 4.93. The predicted octanol–water partition coefficient (Wildman–Crippen LogP) is 1.32. The standard InChI is InChI=1S/C13H18N4O3S/c1-4-17-9-12(13(14)15-17)21(18,19)16(2)10-7-5-6-8-11(10)20-3/h5-9H,4H2,1-3H3,(H2,14,15). The molecule has 2 aromatic rings. The van der Waals surface area contributed by atoms with Crippen molar-refractivity contribution in [2.75, 3.05) is 24.2 Å². The lowest BCUT2D eigenvalue weighted by atomic mass is 10.3. The molecule has 0 saturated carbocycles. The van der Waals surface area contributed by atoms with Gasteiger partial charge in [-0.2, -0.15) is 5.10 Å². The highest BCUT2D eigenvalue weighted by Gasteiger charge is 2.28. The zero-order chi connectivity index (χ0) is 15.6. The summed E-state index contributed by atoms with van der Waals surface area (Å²) < 4.78 is 33.2. The largest absolute Gasteiger partial charge is 0.495 e. The van der Waals surface area contributed by atoms with Crippen LogP contribution in [0.2, 0.25) is 0 Å². The number of benzene rings is 1. The molecule has 0 atom stereocenters. The molecule has 0 amide bonds. The van der Waals surface area contributed by atoms with Crippen LogP contribution in [-0.4, -0.2) is 32.4 Å². The number of rotatable bonds is 5. The quantitative estimate of drug-likeness (QED) is 0.899. The third kappa shape index (κ3) is 2.66. The number of para-hydroxylation sites is 2. The molecule has 2 N–H and O–H groups in total. The van der Waals surface area contributed by atoms with Crippen molar-refractivity contribution < 1.29 is 13.2 Å². The molecule has 0 unspecified atom stereocenters. The fourth-order valence-electron chi connectivity index (χ4n) is 1.95. The molecular formula is C13H18N4O3S. The highest BCUT2D eigenvalue weighted by molar-refractivity contribution is 7.93. The van der Waals surface area contributed by atoms with Crippen molar-refractivity contribution in [2.45, 2.75) is 18.4 Å². The van der Waals surface area contributed by atoms with Crippen molar-refractivity contribution in [1.82, 2.24) is 9.78 Å². The summed E-state index contributed by atoms with van der Waals surface area (Å²) in [6, 6.07) is 6.87. The number of aryl methyl sites for hydroxylation is 1. The maximum absolute atomic E-state index is 12.7. The van der Waals surface area contributed by atoms with Gasteiger partial charge in [-0.25, -0.2) is 8.42 Å². The van der Waals surface area contributed by atoms with Gasteiger partial charge in [0.05, 0.1) is 12.8 Å². The Hall–Kier alpha value is -2.22. The minimum atomic E-state index is -3.80. The SMILES string of the molecule is CCn1cc(S(=O)(=O)N(C)c2ccccc2OC)c(N)n1. The summed E-state index contributed by atoms with van der Waals surface area (Å²) in [5.74, 6) is 0.448. The van der Waals surface area contributed by atoms with Gasteiger partial charge in [-0.05, 0) is 19.1 Å². The lowest BCUT2D eigenvalue weighted by Gasteiger charge is -2.20. The van der Waals surface area contributed by atoms with Crippen LogP contribution in [0, 0.1) is 0 Å². The zero-order valence-electron chi connectivity index (χ0n) is 12.1. The summed E-state index contributed by atoms with van der Waals surface area (Å²) in [7, 11) is -0.856. The van der Waals surface area contributed by atoms with E-state index >= 15 is 0 Å². The van der Waals surface area contributed by atoms with E-state index in [1.807, 2.05) is 6.92 Å². The van der Waals surface area contributed by atoms with Crippen LogP contribution in [0.4, 0.5) is 11.5 Å². The average molecular weight is 310 g/mol. The smallest absolute Gasteiger partial charge is 0.269 e. The Morgan fingerprint density at radius 2 is 2.05 bits per heavy atom. The molecule has 0 fully saturated rings. The second-order valence-corrected chi connectivity index (χ2v) is 6.32. The number of nitrogen functional groups attached to an aromatic ring is 1. The van der Waals surface area contributed by atoms with E-state index in [0.29, 0.717) is 18.0 Å². The van der Waals surface area contributed by atoms with Crippen LogP contribution in [0.15, 0.2) is 35.4 Å². The van der Waals surface area contributed by atoms with Gasteiger partial charge in [-0.3, -0.25) is 8.99 Å². The van der Waals surface area contributed by atoms with Gasteiger partial charge in [0.2, 0.25) is 0 Å². The first kappa shape index (κ1) is 15.2. The Morgan fingerprint density at radius 3 is 2.62 bits per heavy atom. The van der Waals surface area contributed by atoms with Gasteiger partial charge in [0.15, 0.2) is 5.82 Å². The molecule has 8 heteroatoms. The molecule has 0 aliphatic heterocycles. The lowest BCUT2D eigenvalue weighted by Crippen LogP contribution is -2.27. The van der Waals surface area contributed by atoms with Gasteiger partial charge in [-0.1, -0.05) is 12.1 Å². The summed E-state index contributed by atoms with van der Waals surface area (Å²) in [6.45, 7) is 2.39. The van der Waals surface area contributed by atoms with Crippen molar-refractivity contribution in [3.63, 3.8) is 0 Å². The van der Waals surface area contributed by atoms with Gasteiger partial charge < -0.3 is 10.5 Å². The number of aromatic nitrogens is 2. The monoisotopic (exact) mass is 310 g/mol. The predicted molar refractivity (Wildman–Crippen MR) is 80.9 cm³/mol. The summed E-state index contributed by atoms with van der Waals surface area (Å²) in [4.78, 5) is -0.0160. The highest BCUT2D eigenvalue weighted by Crippen LogP contribution is 2.32. The molecule has 21 heavy (non-hydrogen) atoms. The number of hydrogen-bond donors (Lipinski definition) is 1. The first-order chi connectivity index (χ1) is 9.91. The molecule has 1 heterocycles. The molecule has 0 aliphatic carbocycles. The van der Waals surface area contributed by atoms with Crippen LogP contribution < -0.4 is 14.8 Å². The first-order valence-corrected chi connectivity index (χ1v) is 7.80. The molecule has 0 aliphatic rings. The lowest BCUT2D eigenvalue weighted by molar-refractivity contribution is 0.416. The van der Waals surface area contributed by atoms with Crippen molar-refractivity contribution >= 4 is 21.5 Å². The fourth-order valence-corrected chi connectivity index (χ4v) is 3.21.